The number of carbonyl (C=O) groups excluding carboxylic acids is 1. The summed E-state index contributed by atoms with van der Waals surface area (Å²) < 4.78 is 11.0. The van der Waals surface area contributed by atoms with Crippen LogP contribution in [-0.2, 0) is 16.0 Å². The number of ether oxygens (including phenoxy) is 2. The van der Waals surface area contributed by atoms with E-state index in [1.807, 2.05) is 19.1 Å². The minimum atomic E-state index is -0.00672. The average molecular weight is 341 g/mol. The second-order valence-electron chi connectivity index (χ2n) is 6.36. The van der Waals surface area contributed by atoms with E-state index in [0.29, 0.717) is 12.6 Å². The van der Waals surface area contributed by atoms with Gasteiger partial charge in [0.2, 0.25) is 5.91 Å². The molecule has 1 saturated heterocycles. The van der Waals surface area contributed by atoms with Crippen molar-refractivity contribution in [3.8, 4) is 17.1 Å². The largest absolute Gasteiger partial charge is 0.458 e. The molecule has 2 heterocycles. The molecule has 1 aliphatic rings. The van der Waals surface area contributed by atoms with Crippen LogP contribution in [0.3, 0.4) is 0 Å². The summed E-state index contributed by atoms with van der Waals surface area (Å²) in [4.78, 5) is 19.6. The molecule has 2 aromatic rings. The zero-order chi connectivity index (χ0) is 17.6. The third kappa shape index (κ3) is 5.00. The number of nitrogens with one attached hydrogen (secondary N) is 1. The standard InChI is InChI=1S/C19H23N3O3/c1-13(22-14(2)23)9-15-3-5-16(6-4-15)17-10-20-19(21-11-17)25-18-7-8-24-12-18/h3-6,10-11,13,18H,7-9,12H2,1-2H3,(H,22,23). The fourth-order valence-corrected chi connectivity index (χ4v) is 2.87. The smallest absolute Gasteiger partial charge is 0.316 e. The highest BCUT2D eigenvalue weighted by Crippen LogP contribution is 2.20. The topological polar surface area (TPSA) is 73.3 Å². The van der Waals surface area contributed by atoms with Crippen molar-refractivity contribution in [3.05, 3.63) is 42.2 Å². The van der Waals surface area contributed by atoms with Crippen LogP contribution in [0.1, 0.15) is 25.8 Å². The molecule has 2 unspecified atom stereocenters. The number of hydrogen-bond donors (Lipinski definition) is 1. The van der Waals surface area contributed by atoms with E-state index in [9.17, 15) is 4.79 Å². The predicted octanol–water partition coefficient (Wildman–Crippen LogP) is 2.38. The van der Waals surface area contributed by atoms with Gasteiger partial charge in [-0.3, -0.25) is 4.79 Å². The number of carbonyl (C=O) groups is 1. The van der Waals surface area contributed by atoms with Gasteiger partial charge in [0.05, 0.1) is 13.2 Å². The summed E-state index contributed by atoms with van der Waals surface area (Å²) in [6, 6.07) is 8.71. The molecule has 0 bridgehead atoms. The van der Waals surface area contributed by atoms with Gasteiger partial charge < -0.3 is 14.8 Å². The van der Waals surface area contributed by atoms with Gasteiger partial charge in [-0.15, -0.1) is 0 Å². The summed E-state index contributed by atoms with van der Waals surface area (Å²) in [6.45, 7) is 4.86. The summed E-state index contributed by atoms with van der Waals surface area (Å²) in [5.41, 5.74) is 3.16. The molecule has 1 aliphatic heterocycles. The van der Waals surface area contributed by atoms with Crippen LogP contribution in [0.15, 0.2) is 36.7 Å². The first kappa shape index (κ1) is 17.4. The van der Waals surface area contributed by atoms with Gasteiger partial charge in [-0.2, -0.15) is 0 Å². The maximum atomic E-state index is 11.1. The SMILES string of the molecule is CC(=O)NC(C)Cc1ccc(-c2cnc(OC3CCOC3)nc2)cc1. The van der Waals surface area contributed by atoms with Crippen molar-refractivity contribution in [2.75, 3.05) is 13.2 Å². The Morgan fingerprint density at radius 1 is 1.28 bits per heavy atom. The zero-order valence-corrected chi connectivity index (χ0v) is 14.6. The van der Waals surface area contributed by atoms with Crippen molar-refractivity contribution in [1.29, 1.82) is 0 Å². The van der Waals surface area contributed by atoms with E-state index in [1.165, 1.54) is 12.5 Å². The molecule has 0 radical (unpaired) electrons. The Morgan fingerprint density at radius 3 is 2.60 bits per heavy atom. The van der Waals surface area contributed by atoms with Crippen molar-refractivity contribution in [2.24, 2.45) is 0 Å². The molecule has 6 nitrogen and oxygen atoms in total. The monoisotopic (exact) mass is 341 g/mol. The molecule has 1 aromatic carbocycles. The molecular weight excluding hydrogens is 318 g/mol. The zero-order valence-electron chi connectivity index (χ0n) is 14.6. The molecule has 25 heavy (non-hydrogen) atoms. The molecule has 2 atom stereocenters. The van der Waals surface area contributed by atoms with Crippen molar-refractivity contribution < 1.29 is 14.3 Å². The van der Waals surface area contributed by atoms with E-state index in [1.54, 1.807) is 12.4 Å². The third-order valence-corrected chi connectivity index (χ3v) is 4.07. The lowest BCUT2D eigenvalue weighted by Gasteiger charge is -2.13. The van der Waals surface area contributed by atoms with Gasteiger partial charge in [-0.05, 0) is 24.5 Å². The fourth-order valence-electron chi connectivity index (χ4n) is 2.87. The number of benzene rings is 1. The van der Waals surface area contributed by atoms with Gasteiger partial charge in [0.1, 0.15) is 6.10 Å². The Kier molecular flexibility index (Phi) is 5.60. The lowest BCUT2D eigenvalue weighted by atomic mass is 10.0. The molecule has 0 saturated carbocycles. The maximum Gasteiger partial charge on any atom is 0.316 e. The Bertz CT molecular complexity index is 695. The number of nitrogens with zero attached hydrogens (tertiary/aromatic N) is 2. The summed E-state index contributed by atoms with van der Waals surface area (Å²) in [7, 11) is 0. The van der Waals surface area contributed by atoms with Gasteiger partial charge in [0.25, 0.3) is 0 Å². The van der Waals surface area contributed by atoms with Gasteiger partial charge >= 0.3 is 6.01 Å². The number of aromatic nitrogens is 2. The van der Waals surface area contributed by atoms with Crippen LogP contribution < -0.4 is 10.1 Å². The van der Waals surface area contributed by atoms with Gasteiger partial charge in [0.15, 0.2) is 0 Å². The van der Waals surface area contributed by atoms with E-state index in [4.69, 9.17) is 9.47 Å². The van der Waals surface area contributed by atoms with E-state index in [0.717, 1.165) is 30.6 Å². The second kappa shape index (κ2) is 8.07. The van der Waals surface area contributed by atoms with Crippen LogP contribution in [0.25, 0.3) is 11.1 Å². The molecule has 0 spiro atoms. The fraction of sp³-hybridized carbons (Fsp3) is 0.421. The van der Waals surface area contributed by atoms with Crippen LogP contribution in [0, 0.1) is 0 Å². The first-order chi connectivity index (χ1) is 12.1. The van der Waals surface area contributed by atoms with E-state index in [-0.39, 0.29) is 18.1 Å². The van der Waals surface area contributed by atoms with Crippen LogP contribution in [-0.4, -0.2) is 41.2 Å². The minimum Gasteiger partial charge on any atom is -0.458 e. The van der Waals surface area contributed by atoms with E-state index in [2.05, 4.69) is 27.4 Å². The predicted molar refractivity (Wildman–Crippen MR) is 94.3 cm³/mol. The average Bonchev–Trinajstić information content (AvgIpc) is 3.08. The van der Waals surface area contributed by atoms with Crippen molar-refractivity contribution in [3.63, 3.8) is 0 Å². The molecule has 132 valence electrons. The van der Waals surface area contributed by atoms with Crippen LogP contribution >= 0.6 is 0 Å². The van der Waals surface area contributed by atoms with Gasteiger partial charge in [-0.25, -0.2) is 9.97 Å². The summed E-state index contributed by atoms with van der Waals surface area (Å²) in [5.74, 6) is -0.00672. The Morgan fingerprint density at radius 2 is 2.00 bits per heavy atom. The molecule has 1 fully saturated rings. The molecule has 1 aromatic heterocycles. The molecule has 0 aliphatic carbocycles. The first-order valence-electron chi connectivity index (χ1n) is 8.53. The Hall–Kier alpha value is -2.47. The normalized spacial score (nSPS) is 17.9. The quantitative estimate of drug-likeness (QED) is 0.873. The van der Waals surface area contributed by atoms with Crippen molar-refractivity contribution in [2.45, 2.75) is 38.8 Å². The molecular formula is C19H23N3O3. The number of rotatable bonds is 6. The number of amides is 1. The maximum absolute atomic E-state index is 11.1. The lowest BCUT2D eigenvalue weighted by Crippen LogP contribution is -2.31. The van der Waals surface area contributed by atoms with Crippen molar-refractivity contribution in [1.82, 2.24) is 15.3 Å². The highest BCUT2D eigenvalue weighted by molar-refractivity contribution is 5.73. The van der Waals surface area contributed by atoms with E-state index < -0.39 is 0 Å². The minimum absolute atomic E-state index is 0.00672. The summed E-state index contributed by atoms with van der Waals surface area (Å²) in [6.07, 6.45) is 5.27. The molecule has 6 heteroatoms. The highest BCUT2D eigenvalue weighted by Gasteiger charge is 2.18. The summed E-state index contributed by atoms with van der Waals surface area (Å²) >= 11 is 0. The highest BCUT2D eigenvalue weighted by atomic mass is 16.6. The molecule has 3 rings (SSSR count). The van der Waals surface area contributed by atoms with Gasteiger partial charge in [0, 0.05) is 37.3 Å². The third-order valence-electron chi connectivity index (χ3n) is 4.07. The lowest BCUT2D eigenvalue weighted by molar-refractivity contribution is -0.119. The van der Waals surface area contributed by atoms with E-state index >= 15 is 0 Å². The van der Waals surface area contributed by atoms with Crippen LogP contribution in [0.5, 0.6) is 6.01 Å². The van der Waals surface area contributed by atoms with Crippen LogP contribution in [0.4, 0.5) is 0 Å². The molecule has 1 amide bonds. The van der Waals surface area contributed by atoms with Gasteiger partial charge in [-0.1, -0.05) is 24.3 Å². The number of hydrogen-bond acceptors (Lipinski definition) is 5. The second-order valence-corrected chi connectivity index (χ2v) is 6.36. The Labute approximate surface area is 147 Å². The first-order valence-corrected chi connectivity index (χ1v) is 8.53. The summed E-state index contributed by atoms with van der Waals surface area (Å²) in [5, 5.41) is 2.89. The molecule has 1 N–H and O–H groups in total. The Balaban J connectivity index is 1.60. The van der Waals surface area contributed by atoms with Crippen LogP contribution in [0.2, 0.25) is 0 Å². The van der Waals surface area contributed by atoms with Crippen molar-refractivity contribution >= 4 is 5.91 Å².